The molecule has 3 aromatic carbocycles. The van der Waals surface area contributed by atoms with Crippen molar-refractivity contribution in [1.29, 1.82) is 0 Å². The van der Waals surface area contributed by atoms with Gasteiger partial charge in [0.1, 0.15) is 0 Å². The Labute approximate surface area is 136 Å². The Hall–Kier alpha value is -2.31. The largest absolute Gasteiger partial charge is 0.378 e. The minimum atomic E-state index is -2.80. The van der Waals surface area contributed by atoms with E-state index in [2.05, 4.69) is 29.2 Å². The third kappa shape index (κ3) is 1.99. The fourth-order valence-corrected chi connectivity index (χ4v) is 6.39. The monoisotopic (exact) mass is 319 g/mol. The Balaban J connectivity index is 2.08. The Bertz CT molecular complexity index is 931. The zero-order valence-electron chi connectivity index (χ0n) is 13.2. The lowest BCUT2D eigenvalue weighted by atomic mass is 10.1. The average molecular weight is 319 g/mol. The second-order valence-electron chi connectivity index (χ2n) is 6.06. The summed E-state index contributed by atoms with van der Waals surface area (Å²) in [4.78, 5) is 2.05. The van der Waals surface area contributed by atoms with Gasteiger partial charge in [-0.2, -0.15) is 0 Å². The maximum atomic E-state index is 14.2. The average Bonchev–Trinajstić information content (AvgIpc) is 2.86. The number of nitrogens with zero attached hydrogens (tertiary/aromatic N) is 1. The summed E-state index contributed by atoms with van der Waals surface area (Å²) in [5, 5.41) is 2.82. The molecule has 0 bridgehead atoms. The Kier molecular flexibility index (Phi) is 3.18. The summed E-state index contributed by atoms with van der Waals surface area (Å²) in [5.41, 5.74) is 3.27. The fourth-order valence-electron chi connectivity index (χ4n) is 3.31. The van der Waals surface area contributed by atoms with E-state index in [1.165, 1.54) is 0 Å². The van der Waals surface area contributed by atoms with Crippen molar-refractivity contribution >= 4 is 28.7 Å². The molecule has 0 radical (unpaired) electrons. The molecule has 0 spiro atoms. The predicted molar refractivity (Wildman–Crippen MR) is 99.2 cm³/mol. The molecule has 0 saturated carbocycles. The predicted octanol–water partition coefficient (Wildman–Crippen LogP) is 3.37. The number of benzene rings is 3. The molecule has 0 fully saturated rings. The summed E-state index contributed by atoms with van der Waals surface area (Å²) in [6, 6.07) is 24.2. The Morgan fingerprint density at radius 3 is 2.13 bits per heavy atom. The SMILES string of the molecule is CN(C)c1ccc2c(c1)P(=O)(c1ccccc1)c1ccccc1-2. The molecule has 3 aromatic rings. The summed E-state index contributed by atoms with van der Waals surface area (Å²) in [5.74, 6) is 0. The van der Waals surface area contributed by atoms with Gasteiger partial charge in [-0.1, -0.05) is 60.7 Å². The van der Waals surface area contributed by atoms with E-state index in [0.717, 1.165) is 32.7 Å². The Morgan fingerprint density at radius 2 is 1.39 bits per heavy atom. The van der Waals surface area contributed by atoms with Crippen molar-refractivity contribution in [3.8, 4) is 11.1 Å². The quantitative estimate of drug-likeness (QED) is 0.528. The van der Waals surface area contributed by atoms with Gasteiger partial charge in [0.15, 0.2) is 7.14 Å². The first-order chi connectivity index (χ1) is 11.1. The lowest BCUT2D eigenvalue weighted by Gasteiger charge is -2.18. The van der Waals surface area contributed by atoms with Gasteiger partial charge in [-0.3, -0.25) is 0 Å². The van der Waals surface area contributed by atoms with Crippen LogP contribution in [-0.4, -0.2) is 14.1 Å². The molecule has 0 saturated heterocycles. The molecule has 4 rings (SSSR count). The van der Waals surface area contributed by atoms with E-state index in [1.807, 2.05) is 62.6 Å². The van der Waals surface area contributed by atoms with E-state index in [-0.39, 0.29) is 0 Å². The number of hydrogen-bond acceptors (Lipinski definition) is 2. The van der Waals surface area contributed by atoms with Crippen molar-refractivity contribution in [1.82, 2.24) is 0 Å². The molecule has 23 heavy (non-hydrogen) atoms. The minimum absolute atomic E-state index is 0.905. The molecule has 1 aliphatic rings. The van der Waals surface area contributed by atoms with Crippen molar-refractivity contribution < 1.29 is 4.57 Å². The highest BCUT2D eigenvalue weighted by atomic mass is 31.2. The van der Waals surface area contributed by atoms with Gasteiger partial charge in [0.2, 0.25) is 0 Å². The van der Waals surface area contributed by atoms with Crippen LogP contribution < -0.4 is 20.8 Å². The number of hydrogen-bond donors (Lipinski definition) is 0. The van der Waals surface area contributed by atoms with Crippen molar-refractivity contribution in [2.24, 2.45) is 0 Å². The van der Waals surface area contributed by atoms with Gasteiger partial charge in [0.25, 0.3) is 0 Å². The molecule has 1 atom stereocenters. The van der Waals surface area contributed by atoms with Crippen LogP contribution in [0.3, 0.4) is 0 Å². The van der Waals surface area contributed by atoms with Crippen LogP contribution >= 0.6 is 7.14 Å². The maximum Gasteiger partial charge on any atom is 0.172 e. The van der Waals surface area contributed by atoms with E-state index >= 15 is 0 Å². The van der Waals surface area contributed by atoms with Crippen molar-refractivity contribution in [2.75, 3.05) is 19.0 Å². The molecule has 1 aliphatic heterocycles. The van der Waals surface area contributed by atoms with Gasteiger partial charge in [-0.25, -0.2) is 0 Å². The van der Waals surface area contributed by atoms with Gasteiger partial charge in [0.05, 0.1) is 0 Å². The molecule has 114 valence electrons. The number of anilines is 1. The van der Waals surface area contributed by atoms with Crippen LogP contribution in [0.15, 0.2) is 72.8 Å². The first kappa shape index (κ1) is 14.3. The van der Waals surface area contributed by atoms with Crippen molar-refractivity contribution in [2.45, 2.75) is 0 Å². The third-order valence-corrected chi connectivity index (χ3v) is 7.63. The van der Waals surface area contributed by atoms with Crippen LogP contribution in [0.2, 0.25) is 0 Å². The second kappa shape index (κ2) is 5.11. The summed E-state index contributed by atoms with van der Waals surface area (Å²) in [6.07, 6.45) is 0. The summed E-state index contributed by atoms with van der Waals surface area (Å²) < 4.78 is 14.2. The van der Waals surface area contributed by atoms with Crippen LogP contribution in [0.4, 0.5) is 5.69 Å². The summed E-state index contributed by atoms with van der Waals surface area (Å²) in [6.45, 7) is 0. The molecule has 0 aliphatic carbocycles. The summed E-state index contributed by atoms with van der Waals surface area (Å²) >= 11 is 0. The van der Waals surface area contributed by atoms with Crippen LogP contribution in [0, 0.1) is 0 Å². The smallest absolute Gasteiger partial charge is 0.172 e. The molecule has 1 unspecified atom stereocenters. The highest BCUT2D eigenvalue weighted by molar-refractivity contribution is 7.86. The first-order valence-electron chi connectivity index (χ1n) is 7.70. The molecular weight excluding hydrogens is 301 g/mol. The van der Waals surface area contributed by atoms with Crippen LogP contribution in [-0.2, 0) is 4.57 Å². The van der Waals surface area contributed by atoms with Gasteiger partial charge in [-0.05, 0) is 23.3 Å². The Morgan fingerprint density at radius 1 is 0.739 bits per heavy atom. The standard InChI is InChI=1S/C20H18NOP/c1-21(2)15-12-13-18-17-10-6-7-11-19(17)23(22,20(18)14-15)16-8-4-3-5-9-16/h3-14H,1-2H3. The van der Waals surface area contributed by atoms with Gasteiger partial charge in [-0.15, -0.1) is 0 Å². The third-order valence-electron chi connectivity index (χ3n) is 4.49. The van der Waals surface area contributed by atoms with E-state index in [0.29, 0.717) is 0 Å². The maximum absolute atomic E-state index is 14.2. The van der Waals surface area contributed by atoms with E-state index < -0.39 is 7.14 Å². The van der Waals surface area contributed by atoms with Crippen LogP contribution in [0.25, 0.3) is 11.1 Å². The lowest BCUT2D eigenvalue weighted by molar-refractivity contribution is 0.593. The van der Waals surface area contributed by atoms with E-state index in [1.54, 1.807) is 0 Å². The highest BCUT2D eigenvalue weighted by Gasteiger charge is 2.40. The zero-order valence-corrected chi connectivity index (χ0v) is 14.1. The first-order valence-corrected chi connectivity index (χ1v) is 9.40. The molecule has 3 heteroatoms. The zero-order chi connectivity index (χ0) is 16.0. The molecule has 1 heterocycles. The molecular formula is C20H18NOP. The van der Waals surface area contributed by atoms with Crippen LogP contribution in [0.1, 0.15) is 0 Å². The normalized spacial score (nSPS) is 18.3. The second-order valence-corrected chi connectivity index (χ2v) is 8.76. The fraction of sp³-hybridized carbons (Fsp3) is 0.100. The van der Waals surface area contributed by atoms with E-state index in [9.17, 15) is 4.57 Å². The summed E-state index contributed by atoms with van der Waals surface area (Å²) in [7, 11) is 1.23. The highest BCUT2D eigenvalue weighted by Crippen LogP contribution is 2.52. The van der Waals surface area contributed by atoms with E-state index in [4.69, 9.17) is 0 Å². The van der Waals surface area contributed by atoms with Gasteiger partial charge >= 0.3 is 0 Å². The van der Waals surface area contributed by atoms with Gasteiger partial charge in [0, 0.05) is 35.7 Å². The minimum Gasteiger partial charge on any atom is -0.378 e. The van der Waals surface area contributed by atoms with Crippen molar-refractivity contribution in [3.05, 3.63) is 72.8 Å². The molecule has 0 aromatic heterocycles. The molecule has 0 amide bonds. The number of rotatable bonds is 2. The van der Waals surface area contributed by atoms with Crippen molar-refractivity contribution in [3.63, 3.8) is 0 Å². The molecule has 0 N–H and O–H groups in total. The topological polar surface area (TPSA) is 20.3 Å². The molecule has 2 nitrogen and oxygen atoms in total. The van der Waals surface area contributed by atoms with Gasteiger partial charge < -0.3 is 9.46 Å². The lowest BCUT2D eigenvalue weighted by Crippen LogP contribution is -2.21. The van der Waals surface area contributed by atoms with Crippen LogP contribution in [0.5, 0.6) is 0 Å². The number of fused-ring (bicyclic) bond motifs is 3.